The van der Waals surface area contributed by atoms with Crippen LogP contribution in [0.5, 0.6) is 0 Å². The molecule has 6 heteroatoms. The number of halogens is 1. The lowest BCUT2D eigenvalue weighted by molar-refractivity contribution is -0.0617. The smallest absolute Gasteiger partial charge is 0.128 e. The average molecular weight is 260 g/mol. The van der Waals surface area contributed by atoms with Crippen molar-refractivity contribution in [2.24, 2.45) is 7.05 Å². The maximum absolute atomic E-state index is 10.2. The van der Waals surface area contributed by atoms with E-state index in [-0.39, 0.29) is 0 Å². The molecule has 1 aliphatic heterocycles. The Hall–Kier alpha value is -0.620. The van der Waals surface area contributed by atoms with Crippen LogP contribution in [0.3, 0.4) is 0 Å². The van der Waals surface area contributed by atoms with E-state index in [0.717, 1.165) is 5.82 Å². The van der Waals surface area contributed by atoms with Crippen LogP contribution in [-0.2, 0) is 18.3 Å². The van der Waals surface area contributed by atoms with Crippen LogP contribution in [0.25, 0.3) is 0 Å². The highest BCUT2D eigenvalue weighted by Gasteiger charge is 2.29. The van der Waals surface area contributed by atoms with E-state index in [0.29, 0.717) is 44.3 Å². The molecule has 0 radical (unpaired) electrons. The number of hydrogen-bond donors (Lipinski definition) is 2. The topological polar surface area (TPSA) is 59.3 Å². The second kappa shape index (κ2) is 5.35. The quantitative estimate of drug-likeness (QED) is 0.836. The van der Waals surface area contributed by atoms with Gasteiger partial charge in [-0.1, -0.05) is 11.6 Å². The molecule has 5 nitrogen and oxygen atoms in total. The van der Waals surface area contributed by atoms with Gasteiger partial charge >= 0.3 is 0 Å². The summed E-state index contributed by atoms with van der Waals surface area (Å²) in [6, 6.07) is 0. The Kier molecular flexibility index (Phi) is 4.04. The summed E-state index contributed by atoms with van der Waals surface area (Å²) in [4.78, 5) is 4.18. The van der Waals surface area contributed by atoms with Gasteiger partial charge in [0.15, 0.2) is 0 Å². The van der Waals surface area contributed by atoms with E-state index < -0.39 is 5.60 Å². The first-order valence-electron chi connectivity index (χ1n) is 5.78. The molecule has 0 unspecified atom stereocenters. The van der Waals surface area contributed by atoms with Crippen LogP contribution >= 0.6 is 11.6 Å². The fourth-order valence-corrected chi connectivity index (χ4v) is 2.07. The van der Waals surface area contributed by atoms with Crippen LogP contribution in [0.15, 0.2) is 6.20 Å². The lowest BCUT2D eigenvalue weighted by Gasteiger charge is -2.32. The molecule has 2 N–H and O–H groups in total. The second-order valence-corrected chi connectivity index (χ2v) is 4.88. The fraction of sp³-hybridized carbons (Fsp3) is 0.727. The van der Waals surface area contributed by atoms with E-state index in [4.69, 9.17) is 16.3 Å². The van der Waals surface area contributed by atoms with Crippen molar-refractivity contribution in [2.45, 2.75) is 25.0 Å². The summed E-state index contributed by atoms with van der Waals surface area (Å²) >= 11 is 5.89. The standard InChI is InChI=1S/C11H18ClN3O2/c1-15-9(12)6-14-10(15)7-13-8-11(16)2-4-17-5-3-11/h6,13,16H,2-5,7-8H2,1H3. The molecule has 1 aromatic rings. The van der Waals surface area contributed by atoms with E-state index in [1.165, 1.54) is 0 Å². The monoisotopic (exact) mass is 259 g/mol. The molecule has 17 heavy (non-hydrogen) atoms. The molecule has 0 aliphatic carbocycles. The molecule has 0 bridgehead atoms. The minimum Gasteiger partial charge on any atom is -0.388 e. The molecule has 2 heterocycles. The zero-order chi connectivity index (χ0) is 12.3. The van der Waals surface area contributed by atoms with Crippen molar-refractivity contribution in [3.63, 3.8) is 0 Å². The van der Waals surface area contributed by atoms with E-state index in [2.05, 4.69) is 10.3 Å². The van der Waals surface area contributed by atoms with Gasteiger partial charge in [0.25, 0.3) is 0 Å². The van der Waals surface area contributed by atoms with Crippen molar-refractivity contribution in [3.8, 4) is 0 Å². The van der Waals surface area contributed by atoms with Crippen LogP contribution in [0.4, 0.5) is 0 Å². The summed E-state index contributed by atoms with van der Waals surface area (Å²) in [6.07, 6.45) is 2.99. The third-order valence-corrected chi connectivity index (χ3v) is 3.54. The average Bonchev–Trinajstić information content (AvgIpc) is 2.62. The molecular formula is C11H18ClN3O2. The van der Waals surface area contributed by atoms with Gasteiger partial charge in [0.1, 0.15) is 11.0 Å². The van der Waals surface area contributed by atoms with Crippen LogP contribution in [0, 0.1) is 0 Å². The maximum atomic E-state index is 10.2. The summed E-state index contributed by atoms with van der Waals surface area (Å²) in [7, 11) is 1.87. The molecule has 1 aliphatic rings. The minimum absolute atomic E-state index is 0.556. The highest BCUT2D eigenvalue weighted by molar-refractivity contribution is 6.29. The first-order valence-corrected chi connectivity index (χ1v) is 6.15. The van der Waals surface area contributed by atoms with Crippen LogP contribution < -0.4 is 5.32 Å². The molecular weight excluding hydrogens is 242 g/mol. The minimum atomic E-state index is -0.646. The third kappa shape index (κ3) is 3.19. The Morgan fingerprint density at radius 3 is 2.88 bits per heavy atom. The van der Waals surface area contributed by atoms with Gasteiger partial charge in [-0.25, -0.2) is 4.98 Å². The molecule has 0 saturated carbocycles. The highest BCUT2D eigenvalue weighted by atomic mass is 35.5. The highest BCUT2D eigenvalue weighted by Crippen LogP contribution is 2.19. The largest absolute Gasteiger partial charge is 0.388 e. The second-order valence-electron chi connectivity index (χ2n) is 4.50. The van der Waals surface area contributed by atoms with Gasteiger partial charge in [0, 0.05) is 39.6 Å². The fourth-order valence-electron chi connectivity index (χ4n) is 1.92. The van der Waals surface area contributed by atoms with Gasteiger partial charge in [0.05, 0.1) is 18.3 Å². The molecule has 0 atom stereocenters. The number of aliphatic hydroxyl groups is 1. The van der Waals surface area contributed by atoms with E-state index in [1.54, 1.807) is 6.20 Å². The summed E-state index contributed by atoms with van der Waals surface area (Å²) in [5, 5.41) is 14.1. The number of hydrogen-bond acceptors (Lipinski definition) is 4. The van der Waals surface area contributed by atoms with Crippen molar-refractivity contribution in [1.82, 2.24) is 14.9 Å². The predicted octanol–water partition coefficient (Wildman–Crippen LogP) is 0.705. The van der Waals surface area contributed by atoms with Crippen LogP contribution in [-0.4, -0.2) is 40.0 Å². The predicted molar refractivity (Wildman–Crippen MR) is 64.9 cm³/mol. The van der Waals surface area contributed by atoms with E-state index in [1.807, 2.05) is 11.6 Å². The Balaban J connectivity index is 1.81. The van der Waals surface area contributed by atoms with Gasteiger partial charge in [-0.05, 0) is 0 Å². The van der Waals surface area contributed by atoms with Crippen molar-refractivity contribution in [1.29, 1.82) is 0 Å². The first kappa shape index (κ1) is 12.8. The summed E-state index contributed by atoms with van der Waals surface area (Å²) in [5.41, 5.74) is -0.646. The first-order chi connectivity index (χ1) is 8.11. The van der Waals surface area contributed by atoms with Gasteiger partial charge in [-0.3, -0.25) is 0 Å². The SMILES string of the molecule is Cn1c(Cl)cnc1CNCC1(O)CCOCC1. The lowest BCUT2D eigenvalue weighted by atomic mass is 9.94. The summed E-state index contributed by atoms with van der Waals surface area (Å²) in [5.74, 6) is 0.866. The molecule has 0 aromatic carbocycles. The van der Waals surface area contributed by atoms with Gasteiger partial charge in [-0.15, -0.1) is 0 Å². The number of nitrogens with one attached hydrogen (secondary N) is 1. The zero-order valence-electron chi connectivity index (χ0n) is 9.95. The van der Waals surface area contributed by atoms with Crippen LogP contribution in [0.1, 0.15) is 18.7 Å². The molecule has 0 spiro atoms. The molecule has 1 fully saturated rings. The van der Waals surface area contributed by atoms with Crippen LogP contribution in [0.2, 0.25) is 5.15 Å². The normalized spacial score (nSPS) is 19.5. The molecule has 2 rings (SSSR count). The van der Waals surface area contributed by atoms with Crippen molar-refractivity contribution in [3.05, 3.63) is 17.2 Å². The molecule has 96 valence electrons. The van der Waals surface area contributed by atoms with Crippen molar-refractivity contribution < 1.29 is 9.84 Å². The Labute approximate surface area is 106 Å². The van der Waals surface area contributed by atoms with E-state index >= 15 is 0 Å². The van der Waals surface area contributed by atoms with Crippen molar-refractivity contribution in [2.75, 3.05) is 19.8 Å². The van der Waals surface area contributed by atoms with Crippen molar-refractivity contribution >= 4 is 11.6 Å². The number of nitrogens with zero attached hydrogens (tertiary/aromatic N) is 2. The Morgan fingerprint density at radius 2 is 2.29 bits per heavy atom. The lowest BCUT2D eigenvalue weighted by Crippen LogP contribution is -2.45. The van der Waals surface area contributed by atoms with E-state index in [9.17, 15) is 5.11 Å². The molecule has 0 amide bonds. The zero-order valence-corrected chi connectivity index (χ0v) is 10.7. The number of ether oxygens (including phenoxy) is 1. The van der Waals surface area contributed by atoms with Gasteiger partial charge in [0.2, 0.25) is 0 Å². The Morgan fingerprint density at radius 1 is 1.59 bits per heavy atom. The van der Waals surface area contributed by atoms with Gasteiger partial charge < -0.3 is 19.7 Å². The third-order valence-electron chi connectivity index (χ3n) is 3.19. The molecule has 1 saturated heterocycles. The number of imidazole rings is 1. The number of rotatable bonds is 4. The maximum Gasteiger partial charge on any atom is 0.128 e. The van der Waals surface area contributed by atoms with Gasteiger partial charge in [-0.2, -0.15) is 0 Å². The summed E-state index contributed by atoms with van der Waals surface area (Å²) < 4.78 is 7.05. The number of aromatic nitrogens is 2. The Bertz CT molecular complexity index is 375. The molecule has 1 aromatic heterocycles. The summed E-state index contributed by atoms with van der Waals surface area (Å²) in [6.45, 7) is 2.42.